The van der Waals surface area contributed by atoms with Gasteiger partial charge < -0.3 is 13.4 Å². The van der Waals surface area contributed by atoms with Crippen LogP contribution in [0.3, 0.4) is 0 Å². The molecular weight excluding hydrogens is 204 g/mol. The third-order valence-corrected chi connectivity index (χ3v) is 2.45. The normalized spacial score (nSPS) is 10.8. The lowest BCUT2D eigenvalue weighted by Crippen LogP contribution is -1.89. The van der Waals surface area contributed by atoms with Gasteiger partial charge in [0.15, 0.2) is 11.5 Å². The zero-order valence-corrected chi connectivity index (χ0v) is 8.75. The Labute approximate surface area is 92.1 Å². The van der Waals surface area contributed by atoms with Crippen molar-refractivity contribution in [2.75, 3.05) is 0 Å². The molecule has 4 nitrogen and oxygen atoms in total. The van der Waals surface area contributed by atoms with Gasteiger partial charge in [0, 0.05) is 7.05 Å². The van der Waals surface area contributed by atoms with E-state index in [0.717, 1.165) is 22.9 Å². The molecule has 0 aliphatic rings. The maximum absolute atomic E-state index is 5.39. The molecule has 0 spiro atoms. The van der Waals surface area contributed by atoms with Gasteiger partial charge in [-0.05, 0) is 24.3 Å². The van der Waals surface area contributed by atoms with Crippen molar-refractivity contribution in [1.82, 2.24) is 9.55 Å². The van der Waals surface area contributed by atoms with Crippen molar-refractivity contribution >= 4 is 0 Å². The maximum atomic E-state index is 5.39. The molecule has 3 aromatic heterocycles. The molecule has 4 heteroatoms. The molecule has 80 valence electrons. The minimum Gasteiger partial charge on any atom is -0.463 e. The number of aromatic nitrogens is 2. The molecule has 0 aromatic carbocycles. The van der Waals surface area contributed by atoms with Crippen LogP contribution in [0.1, 0.15) is 0 Å². The van der Waals surface area contributed by atoms with Crippen LogP contribution in [0.4, 0.5) is 0 Å². The van der Waals surface area contributed by atoms with E-state index in [1.807, 2.05) is 35.9 Å². The van der Waals surface area contributed by atoms with Crippen LogP contribution in [0.5, 0.6) is 0 Å². The lowest BCUT2D eigenvalue weighted by molar-refractivity contribution is 0.571. The molecule has 3 heterocycles. The van der Waals surface area contributed by atoms with Gasteiger partial charge in [-0.3, -0.25) is 0 Å². The highest BCUT2D eigenvalue weighted by Gasteiger charge is 2.16. The average Bonchev–Trinajstić information content (AvgIpc) is 2.96. The predicted octanol–water partition coefficient (Wildman–Crippen LogP) is 2.94. The maximum Gasteiger partial charge on any atom is 0.154 e. The molecule has 0 N–H and O–H groups in total. The molecule has 3 rings (SSSR count). The minimum atomic E-state index is 0.743. The first kappa shape index (κ1) is 9.03. The van der Waals surface area contributed by atoms with Crippen LogP contribution >= 0.6 is 0 Å². The highest BCUT2D eigenvalue weighted by atomic mass is 16.3. The van der Waals surface area contributed by atoms with Gasteiger partial charge in [-0.2, -0.15) is 0 Å². The largest absolute Gasteiger partial charge is 0.463 e. The Morgan fingerprint density at radius 1 is 1.06 bits per heavy atom. The Morgan fingerprint density at radius 3 is 2.38 bits per heavy atom. The summed E-state index contributed by atoms with van der Waals surface area (Å²) in [7, 11) is 1.93. The smallest absolute Gasteiger partial charge is 0.154 e. The first-order valence-corrected chi connectivity index (χ1v) is 4.95. The van der Waals surface area contributed by atoms with E-state index in [1.54, 1.807) is 18.9 Å². The van der Waals surface area contributed by atoms with Crippen LogP contribution in [0.2, 0.25) is 0 Å². The summed E-state index contributed by atoms with van der Waals surface area (Å²) >= 11 is 0. The molecule has 0 amide bonds. The molecule has 0 aliphatic carbocycles. The molecule has 0 saturated heterocycles. The number of nitrogens with zero attached hydrogens (tertiary/aromatic N) is 2. The van der Waals surface area contributed by atoms with Crippen molar-refractivity contribution in [3.05, 3.63) is 43.1 Å². The Kier molecular flexibility index (Phi) is 1.93. The Balaban J connectivity index is 2.21. The van der Waals surface area contributed by atoms with Gasteiger partial charge >= 0.3 is 0 Å². The molecule has 0 aliphatic heterocycles. The summed E-state index contributed by atoms with van der Waals surface area (Å²) < 4.78 is 12.7. The third-order valence-electron chi connectivity index (χ3n) is 2.45. The monoisotopic (exact) mass is 214 g/mol. The van der Waals surface area contributed by atoms with Crippen LogP contribution in [0.25, 0.3) is 22.9 Å². The van der Waals surface area contributed by atoms with Crippen molar-refractivity contribution in [2.45, 2.75) is 0 Å². The van der Waals surface area contributed by atoms with Crippen LogP contribution < -0.4 is 0 Å². The van der Waals surface area contributed by atoms with Gasteiger partial charge in [0.05, 0.1) is 18.9 Å². The van der Waals surface area contributed by atoms with E-state index in [4.69, 9.17) is 8.83 Å². The SMILES string of the molecule is Cn1cnc(-c2ccco2)c1-c1ccco1. The number of hydrogen-bond acceptors (Lipinski definition) is 3. The zero-order valence-electron chi connectivity index (χ0n) is 8.75. The van der Waals surface area contributed by atoms with E-state index >= 15 is 0 Å². The van der Waals surface area contributed by atoms with Crippen LogP contribution in [-0.2, 0) is 7.05 Å². The van der Waals surface area contributed by atoms with Gasteiger partial charge in [0.2, 0.25) is 0 Å². The molecule has 16 heavy (non-hydrogen) atoms. The molecule has 3 aromatic rings. The van der Waals surface area contributed by atoms with Gasteiger partial charge in [0.25, 0.3) is 0 Å². The average molecular weight is 214 g/mol. The van der Waals surface area contributed by atoms with Crippen molar-refractivity contribution < 1.29 is 8.83 Å². The van der Waals surface area contributed by atoms with Gasteiger partial charge in [-0.1, -0.05) is 0 Å². The van der Waals surface area contributed by atoms with E-state index in [0.29, 0.717) is 0 Å². The molecule has 0 fully saturated rings. The number of imidazole rings is 1. The van der Waals surface area contributed by atoms with Crippen molar-refractivity contribution in [3.8, 4) is 22.9 Å². The summed E-state index contributed by atoms with van der Waals surface area (Å²) in [6, 6.07) is 7.49. The lowest BCUT2D eigenvalue weighted by atomic mass is 10.2. The second-order valence-corrected chi connectivity index (χ2v) is 3.51. The fraction of sp³-hybridized carbons (Fsp3) is 0.0833. The number of hydrogen-bond donors (Lipinski definition) is 0. The third kappa shape index (κ3) is 1.27. The van der Waals surface area contributed by atoms with Crippen LogP contribution in [0.15, 0.2) is 52.0 Å². The summed E-state index contributed by atoms with van der Waals surface area (Å²) in [5, 5.41) is 0. The second-order valence-electron chi connectivity index (χ2n) is 3.51. The zero-order chi connectivity index (χ0) is 11.0. The van der Waals surface area contributed by atoms with Crippen molar-refractivity contribution in [3.63, 3.8) is 0 Å². The molecule has 0 bridgehead atoms. The standard InChI is InChI=1S/C12H10N2O2/c1-14-8-13-11(9-4-2-6-15-9)12(14)10-5-3-7-16-10/h2-8H,1H3. The lowest BCUT2D eigenvalue weighted by Gasteiger charge is -2.00. The molecule has 0 saturated carbocycles. The molecule has 0 unspecified atom stereocenters. The van der Waals surface area contributed by atoms with Crippen LogP contribution in [-0.4, -0.2) is 9.55 Å². The van der Waals surface area contributed by atoms with Crippen LogP contribution in [0, 0.1) is 0 Å². The summed E-state index contributed by atoms with van der Waals surface area (Å²) in [5.41, 5.74) is 1.71. The summed E-state index contributed by atoms with van der Waals surface area (Å²) in [6.45, 7) is 0. The Hall–Kier alpha value is -2.23. The van der Waals surface area contributed by atoms with E-state index in [-0.39, 0.29) is 0 Å². The quantitative estimate of drug-likeness (QED) is 0.658. The molecule has 0 atom stereocenters. The highest BCUT2D eigenvalue weighted by Crippen LogP contribution is 2.30. The first-order valence-electron chi connectivity index (χ1n) is 4.95. The number of aryl methyl sites for hydroxylation is 1. The molecular formula is C12H10N2O2. The molecule has 0 radical (unpaired) electrons. The topological polar surface area (TPSA) is 44.1 Å². The summed E-state index contributed by atoms with van der Waals surface area (Å²) in [5.74, 6) is 1.53. The van der Waals surface area contributed by atoms with E-state index in [9.17, 15) is 0 Å². The predicted molar refractivity (Wildman–Crippen MR) is 58.6 cm³/mol. The minimum absolute atomic E-state index is 0.743. The number of rotatable bonds is 2. The number of furan rings is 2. The van der Waals surface area contributed by atoms with E-state index < -0.39 is 0 Å². The summed E-state index contributed by atoms with van der Waals surface area (Å²) in [4.78, 5) is 4.32. The fourth-order valence-electron chi connectivity index (χ4n) is 1.73. The highest BCUT2D eigenvalue weighted by molar-refractivity contribution is 5.72. The van der Waals surface area contributed by atoms with E-state index in [2.05, 4.69) is 4.98 Å². The van der Waals surface area contributed by atoms with Crippen molar-refractivity contribution in [2.24, 2.45) is 7.05 Å². The fourth-order valence-corrected chi connectivity index (χ4v) is 1.73. The summed E-state index contributed by atoms with van der Waals surface area (Å²) in [6.07, 6.45) is 5.03. The van der Waals surface area contributed by atoms with E-state index in [1.165, 1.54) is 0 Å². The Bertz CT molecular complexity index is 577. The Morgan fingerprint density at radius 2 is 1.75 bits per heavy atom. The van der Waals surface area contributed by atoms with Gasteiger partial charge in [0.1, 0.15) is 11.4 Å². The van der Waals surface area contributed by atoms with Gasteiger partial charge in [-0.15, -0.1) is 0 Å². The van der Waals surface area contributed by atoms with Crippen molar-refractivity contribution in [1.29, 1.82) is 0 Å². The van der Waals surface area contributed by atoms with Gasteiger partial charge in [-0.25, -0.2) is 4.98 Å². The second kappa shape index (κ2) is 3.41. The first-order chi connectivity index (χ1) is 7.86.